The molecule has 0 amide bonds. The molecule has 0 radical (unpaired) electrons. The van der Waals surface area contributed by atoms with Gasteiger partial charge in [0.05, 0.1) is 5.69 Å². The van der Waals surface area contributed by atoms with Crippen LogP contribution in [-0.2, 0) is 0 Å². The highest BCUT2D eigenvalue weighted by molar-refractivity contribution is 6.19. The Labute approximate surface area is 263 Å². The van der Waals surface area contributed by atoms with Gasteiger partial charge in [-0.25, -0.2) is 0 Å². The van der Waals surface area contributed by atoms with Gasteiger partial charge in [-0.1, -0.05) is 146 Å². The maximum absolute atomic E-state index is 2.42. The van der Waals surface area contributed by atoms with Crippen molar-refractivity contribution in [2.75, 3.05) is 4.90 Å². The maximum Gasteiger partial charge on any atom is 0.0540 e. The number of rotatable bonds is 5. The van der Waals surface area contributed by atoms with Crippen molar-refractivity contribution < 1.29 is 0 Å². The average molecular weight is 572 g/mol. The van der Waals surface area contributed by atoms with Crippen LogP contribution >= 0.6 is 0 Å². The van der Waals surface area contributed by atoms with E-state index >= 15 is 0 Å². The van der Waals surface area contributed by atoms with Crippen molar-refractivity contribution in [3.63, 3.8) is 0 Å². The third kappa shape index (κ3) is 4.17. The molecule has 45 heavy (non-hydrogen) atoms. The molecule has 0 saturated heterocycles. The van der Waals surface area contributed by atoms with Gasteiger partial charge in [0, 0.05) is 16.8 Å². The molecule has 1 nitrogen and oxygen atoms in total. The zero-order valence-electron chi connectivity index (χ0n) is 24.7. The van der Waals surface area contributed by atoms with Crippen molar-refractivity contribution in [1.82, 2.24) is 0 Å². The molecule has 0 heterocycles. The molecular weight excluding hydrogens is 542 g/mol. The first kappa shape index (κ1) is 25.6. The van der Waals surface area contributed by atoms with Crippen molar-refractivity contribution in [3.8, 4) is 44.5 Å². The van der Waals surface area contributed by atoms with Crippen LogP contribution in [-0.4, -0.2) is 0 Å². The Balaban J connectivity index is 1.24. The molecule has 8 aromatic rings. The number of hydrogen-bond donors (Lipinski definition) is 0. The van der Waals surface area contributed by atoms with E-state index in [1.165, 1.54) is 71.7 Å². The topological polar surface area (TPSA) is 3.24 Å². The first-order valence-corrected chi connectivity index (χ1v) is 15.5. The van der Waals surface area contributed by atoms with Gasteiger partial charge in [-0.15, -0.1) is 0 Å². The molecule has 0 aromatic heterocycles. The number of nitrogens with zero attached hydrogens (tertiary/aromatic N) is 1. The van der Waals surface area contributed by atoms with Gasteiger partial charge < -0.3 is 4.90 Å². The van der Waals surface area contributed by atoms with E-state index in [0.29, 0.717) is 0 Å². The van der Waals surface area contributed by atoms with Crippen molar-refractivity contribution in [2.45, 2.75) is 0 Å². The summed E-state index contributed by atoms with van der Waals surface area (Å²) in [6, 6.07) is 63.9. The highest BCUT2D eigenvalue weighted by atomic mass is 15.1. The first-order valence-electron chi connectivity index (χ1n) is 15.5. The fraction of sp³-hybridized carbons (Fsp3) is 0. The largest absolute Gasteiger partial charge is 0.310 e. The zero-order valence-corrected chi connectivity index (χ0v) is 24.7. The van der Waals surface area contributed by atoms with E-state index < -0.39 is 0 Å². The van der Waals surface area contributed by atoms with E-state index in [4.69, 9.17) is 0 Å². The Morgan fingerprint density at radius 1 is 0.311 bits per heavy atom. The molecule has 1 aliphatic carbocycles. The normalized spacial score (nSPS) is 11.6. The van der Waals surface area contributed by atoms with Gasteiger partial charge >= 0.3 is 0 Å². The zero-order chi connectivity index (χ0) is 29.7. The van der Waals surface area contributed by atoms with E-state index in [0.717, 1.165) is 11.4 Å². The SMILES string of the molecule is c1ccc(-c2cccc(N(c3ccc(-c4cccc5ccccc45)cc3)c3ccc4c5c(cccc35)-c3ccccc3-4)c2)cc1. The van der Waals surface area contributed by atoms with Crippen molar-refractivity contribution >= 4 is 38.6 Å². The van der Waals surface area contributed by atoms with Gasteiger partial charge in [0.1, 0.15) is 0 Å². The second-order valence-corrected chi connectivity index (χ2v) is 11.7. The highest BCUT2D eigenvalue weighted by Gasteiger charge is 2.24. The van der Waals surface area contributed by atoms with Crippen molar-refractivity contribution in [2.24, 2.45) is 0 Å². The van der Waals surface area contributed by atoms with E-state index in [9.17, 15) is 0 Å². The van der Waals surface area contributed by atoms with Crippen LogP contribution in [0.2, 0.25) is 0 Å². The van der Waals surface area contributed by atoms with Crippen LogP contribution in [0, 0.1) is 0 Å². The molecule has 0 unspecified atom stereocenters. The second kappa shape index (κ2) is 10.4. The minimum atomic E-state index is 1.13. The lowest BCUT2D eigenvalue weighted by Crippen LogP contribution is -2.10. The minimum absolute atomic E-state index is 1.13. The minimum Gasteiger partial charge on any atom is -0.310 e. The molecule has 0 N–H and O–H groups in total. The average Bonchev–Trinajstić information content (AvgIpc) is 3.45. The molecule has 1 heteroatoms. The summed E-state index contributed by atoms with van der Waals surface area (Å²) in [5.41, 5.74) is 13.5. The highest BCUT2D eigenvalue weighted by Crippen LogP contribution is 2.51. The number of benzene rings is 8. The van der Waals surface area contributed by atoms with Crippen molar-refractivity contribution in [3.05, 3.63) is 176 Å². The third-order valence-electron chi connectivity index (χ3n) is 9.20. The van der Waals surface area contributed by atoms with E-state index in [-0.39, 0.29) is 0 Å². The molecule has 0 bridgehead atoms. The molecule has 0 aliphatic heterocycles. The molecule has 8 aromatic carbocycles. The second-order valence-electron chi connectivity index (χ2n) is 11.7. The van der Waals surface area contributed by atoms with Crippen molar-refractivity contribution in [1.29, 1.82) is 0 Å². The van der Waals surface area contributed by atoms with Gasteiger partial charge in [-0.3, -0.25) is 0 Å². The molecule has 9 rings (SSSR count). The van der Waals surface area contributed by atoms with Gasteiger partial charge in [-0.2, -0.15) is 0 Å². The maximum atomic E-state index is 2.42. The van der Waals surface area contributed by atoms with Gasteiger partial charge in [0.25, 0.3) is 0 Å². The Kier molecular flexibility index (Phi) is 5.89. The summed E-state index contributed by atoms with van der Waals surface area (Å²) in [5.74, 6) is 0. The predicted octanol–water partition coefficient (Wildman–Crippen LogP) is 12.4. The third-order valence-corrected chi connectivity index (χ3v) is 9.20. The molecule has 0 fully saturated rings. The lowest BCUT2D eigenvalue weighted by atomic mass is 9.97. The van der Waals surface area contributed by atoms with Gasteiger partial charge in [0.15, 0.2) is 0 Å². The smallest absolute Gasteiger partial charge is 0.0540 e. The fourth-order valence-electron chi connectivity index (χ4n) is 7.14. The van der Waals surface area contributed by atoms with Crippen LogP contribution in [0.25, 0.3) is 66.1 Å². The molecule has 0 saturated carbocycles. The Hall–Kier alpha value is -5.92. The van der Waals surface area contributed by atoms with Gasteiger partial charge in [0.2, 0.25) is 0 Å². The predicted molar refractivity (Wildman–Crippen MR) is 191 cm³/mol. The van der Waals surface area contributed by atoms with Crippen LogP contribution in [0.4, 0.5) is 17.1 Å². The molecule has 210 valence electrons. The summed E-state index contributed by atoms with van der Waals surface area (Å²) >= 11 is 0. The monoisotopic (exact) mass is 571 g/mol. The summed E-state index contributed by atoms with van der Waals surface area (Å²) in [4.78, 5) is 2.42. The quantitative estimate of drug-likeness (QED) is 0.199. The summed E-state index contributed by atoms with van der Waals surface area (Å²) in [5, 5.41) is 5.11. The lowest BCUT2D eigenvalue weighted by Gasteiger charge is -2.28. The molecule has 1 aliphatic rings. The van der Waals surface area contributed by atoms with Gasteiger partial charge in [-0.05, 0) is 91.0 Å². The van der Waals surface area contributed by atoms with Crippen LogP contribution in [0.5, 0.6) is 0 Å². The number of hydrogen-bond acceptors (Lipinski definition) is 1. The summed E-state index contributed by atoms with van der Waals surface area (Å²) in [6.07, 6.45) is 0. The molecule has 0 spiro atoms. The first-order chi connectivity index (χ1) is 22.3. The van der Waals surface area contributed by atoms with E-state index in [2.05, 4.69) is 181 Å². The summed E-state index contributed by atoms with van der Waals surface area (Å²) in [7, 11) is 0. The Morgan fingerprint density at radius 3 is 1.76 bits per heavy atom. The van der Waals surface area contributed by atoms with Crippen LogP contribution < -0.4 is 4.90 Å². The lowest BCUT2D eigenvalue weighted by molar-refractivity contribution is 1.30. The number of anilines is 3. The fourth-order valence-corrected chi connectivity index (χ4v) is 7.14. The standard InChI is InChI=1S/C44H29N/c1-2-11-30(12-3-1)33-15-8-16-35(29-33)45(34-25-23-32(24-26-34)37-20-9-14-31-13-4-5-17-36(31)37)43-28-27-41-39-19-7-6-18-38(39)40-21-10-22-42(43)44(40)41/h1-29H. The Morgan fingerprint density at radius 2 is 0.911 bits per heavy atom. The van der Waals surface area contributed by atoms with Crippen LogP contribution in [0.15, 0.2) is 176 Å². The summed E-state index contributed by atoms with van der Waals surface area (Å²) < 4.78 is 0. The van der Waals surface area contributed by atoms with Crippen LogP contribution in [0.1, 0.15) is 0 Å². The molecular formula is C44H29N. The summed E-state index contributed by atoms with van der Waals surface area (Å²) in [6.45, 7) is 0. The number of fused-ring (bicyclic) bond motifs is 4. The Bertz CT molecular complexity index is 2330. The van der Waals surface area contributed by atoms with E-state index in [1.54, 1.807) is 0 Å². The van der Waals surface area contributed by atoms with Crippen LogP contribution in [0.3, 0.4) is 0 Å². The van der Waals surface area contributed by atoms with E-state index in [1.807, 2.05) is 0 Å². The molecule has 0 atom stereocenters.